The number of primary amides is 1. The highest BCUT2D eigenvalue weighted by Gasteiger charge is 2.84. The zero-order valence-electron chi connectivity index (χ0n) is 15.2. The largest absolute Gasteiger partial charge is 0.508 e. The van der Waals surface area contributed by atoms with Crippen molar-refractivity contribution in [1.29, 1.82) is 0 Å². The molecule has 4 aliphatic rings. The van der Waals surface area contributed by atoms with Crippen molar-refractivity contribution in [3.8, 4) is 5.75 Å². The number of carbonyl (C=O) groups excluding carboxylic acids is 3. The number of aliphatic hydroxyl groups is 3. The predicted molar refractivity (Wildman–Crippen MR) is 95.4 cm³/mol. The van der Waals surface area contributed by atoms with Gasteiger partial charge in [0.1, 0.15) is 22.7 Å². The molecule has 0 unspecified atom stereocenters. The van der Waals surface area contributed by atoms with Crippen molar-refractivity contribution in [2.75, 3.05) is 0 Å². The van der Waals surface area contributed by atoms with Gasteiger partial charge >= 0.3 is 0 Å². The summed E-state index contributed by atoms with van der Waals surface area (Å²) in [4.78, 5) is 37.5. The topological polar surface area (TPSA) is 171 Å². The number of phenolic OH excluding ortho intramolecular Hbond substituents is 1. The van der Waals surface area contributed by atoms with Crippen molar-refractivity contribution in [1.82, 2.24) is 0 Å². The van der Waals surface area contributed by atoms with Crippen LogP contribution in [0, 0.1) is 5.92 Å². The SMILES string of the molecule is C[C@@]1(O)c2cccc(O)c2C(O)=C2C(=O)[C@@]34O[C@@]3(CC(=O)C(C(N)=O)=C4O)C[C@@H]21. The average Bonchev–Trinajstić information content (AvgIpc) is 3.30. The minimum Gasteiger partial charge on any atom is -0.508 e. The maximum Gasteiger partial charge on any atom is 0.255 e. The van der Waals surface area contributed by atoms with Gasteiger partial charge < -0.3 is 30.9 Å². The second-order valence-electron chi connectivity index (χ2n) is 8.16. The van der Waals surface area contributed by atoms with Crippen molar-refractivity contribution in [2.24, 2.45) is 11.7 Å². The van der Waals surface area contributed by atoms with Crippen molar-refractivity contribution < 1.29 is 39.5 Å². The molecule has 0 radical (unpaired) electrons. The zero-order chi connectivity index (χ0) is 21.1. The van der Waals surface area contributed by atoms with E-state index in [-0.39, 0.29) is 35.3 Å². The van der Waals surface area contributed by atoms with Crippen LogP contribution in [0.3, 0.4) is 0 Å². The van der Waals surface area contributed by atoms with E-state index in [2.05, 4.69) is 0 Å². The molecular formula is C20H17NO8. The molecule has 0 aromatic heterocycles. The lowest BCUT2D eigenvalue weighted by Gasteiger charge is -2.44. The molecule has 4 atom stereocenters. The fourth-order valence-electron chi connectivity index (χ4n) is 5.29. The molecule has 1 aromatic rings. The highest BCUT2D eigenvalue weighted by molar-refractivity contribution is 6.24. The van der Waals surface area contributed by atoms with E-state index in [0.717, 1.165) is 0 Å². The van der Waals surface area contributed by atoms with Crippen LogP contribution in [-0.2, 0) is 24.7 Å². The van der Waals surface area contributed by atoms with Gasteiger partial charge in [-0.2, -0.15) is 0 Å². The number of ether oxygens (including phenoxy) is 1. The van der Waals surface area contributed by atoms with E-state index in [4.69, 9.17) is 10.5 Å². The molecule has 0 spiro atoms. The lowest BCUT2D eigenvalue weighted by molar-refractivity contribution is -0.125. The third-order valence-corrected chi connectivity index (χ3v) is 6.69. The first-order valence-corrected chi connectivity index (χ1v) is 8.99. The van der Waals surface area contributed by atoms with Crippen LogP contribution in [0.15, 0.2) is 35.1 Å². The van der Waals surface area contributed by atoms with Gasteiger partial charge in [0.05, 0.1) is 11.2 Å². The Hall–Kier alpha value is -3.17. The number of nitrogens with two attached hydrogens (primary N) is 1. The number of aliphatic hydroxyl groups excluding tert-OH is 2. The first-order chi connectivity index (χ1) is 13.5. The number of epoxide rings is 1. The highest BCUT2D eigenvalue weighted by atomic mass is 16.6. The van der Waals surface area contributed by atoms with Crippen molar-refractivity contribution in [2.45, 2.75) is 36.6 Å². The van der Waals surface area contributed by atoms with Crippen molar-refractivity contribution in [3.63, 3.8) is 0 Å². The second-order valence-corrected chi connectivity index (χ2v) is 8.16. The molecule has 1 amide bonds. The van der Waals surface area contributed by atoms with Gasteiger partial charge in [0.2, 0.25) is 11.4 Å². The molecule has 9 nitrogen and oxygen atoms in total. The summed E-state index contributed by atoms with van der Waals surface area (Å²) in [5, 5.41) is 43.0. The number of phenols is 1. The molecule has 5 rings (SSSR count). The lowest BCUT2D eigenvalue weighted by atomic mass is 9.57. The number of hydrogen-bond donors (Lipinski definition) is 5. The molecule has 0 bridgehead atoms. The molecule has 2 fully saturated rings. The van der Waals surface area contributed by atoms with Crippen LogP contribution < -0.4 is 5.73 Å². The van der Waals surface area contributed by atoms with E-state index in [1.165, 1.54) is 25.1 Å². The normalized spacial score (nSPS) is 37.5. The zero-order valence-corrected chi connectivity index (χ0v) is 15.2. The maximum atomic E-state index is 13.5. The highest BCUT2D eigenvalue weighted by Crippen LogP contribution is 2.69. The summed E-state index contributed by atoms with van der Waals surface area (Å²) in [6.07, 6.45) is -0.434. The van der Waals surface area contributed by atoms with Crippen LogP contribution in [0.4, 0.5) is 0 Å². The van der Waals surface area contributed by atoms with Gasteiger partial charge in [-0.05, 0) is 25.0 Å². The van der Waals surface area contributed by atoms with E-state index in [9.17, 15) is 34.8 Å². The Balaban J connectivity index is 1.79. The number of benzene rings is 1. The number of hydrogen-bond acceptors (Lipinski definition) is 8. The van der Waals surface area contributed by atoms with Crippen molar-refractivity contribution in [3.05, 3.63) is 46.2 Å². The summed E-state index contributed by atoms with van der Waals surface area (Å²) < 4.78 is 5.65. The van der Waals surface area contributed by atoms with Gasteiger partial charge in [-0.3, -0.25) is 14.4 Å². The van der Waals surface area contributed by atoms with Crippen LogP contribution >= 0.6 is 0 Å². The number of aromatic hydroxyl groups is 1. The van der Waals surface area contributed by atoms with E-state index < -0.39 is 57.3 Å². The Morgan fingerprint density at radius 1 is 1.24 bits per heavy atom. The molecule has 1 heterocycles. The smallest absolute Gasteiger partial charge is 0.255 e. The van der Waals surface area contributed by atoms with Crippen LogP contribution in [0.2, 0.25) is 0 Å². The summed E-state index contributed by atoms with van der Waals surface area (Å²) in [6, 6.07) is 4.32. The number of ketones is 2. The molecule has 3 aliphatic carbocycles. The Kier molecular flexibility index (Phi) is 3.00. The summed E-state index contributed by atoms with van der Waals surface area (Å²) >= 11 is 0. The fourth-order valence-corrected chi connectivity index (χ4v) is 5.29. The second kappa shape index (κ2) is 4.87. The molecule has 1 aromatic carbocycles. The van der Waals surface area contributed by atoms with Gasteiger partial charge in [0.25, 0.3) is 5.91 Å². The monoisotopic (exact) mass is 399 g/mol. The predicted octanol–water partition coefficient (Wildman–Crippen LogP) is 0.249. The van der Waals surface area contributed by atoms with Gasteiger partial charge in [-0.1, -0.05) is 12.1 Å². The minimum atomic E-state index is -2.01. The average molecular weight is 399 g/mol. The van der Waals surface area contributed by atoms with Crippen molar-refractivity contribution >= 4 is 23.2 Å². The number of carbonyl (C=O) groups is 3. The molecular weight excluding hydrogens is 382 g/mol. The molecule has 29 heavy (non-hydrogen) atoms. The van der Waals surface area contributed by atoms with E-state index in [1.807, 2.05) is 0 Å². The maximum absolute atomic E-state index is 13.5. The Morgan fingerprint density at radius 3 is 2.59 bits per heavy atom. The first-order valence-electron chi connectivity index (χ1n) is 8.99. The van der Waals surface area contributed by atoms with Crippen LogP contribution in [-0.4, -0.2) is 49.1 Å². The summed E-state index contributed by atoms with van der Waals surface area (Å²) in [5.74, 6) is -5.50. The summed E-state index contributed by atoms with van der Waals surface area (Å²) in [6.45, 7) is 1.44. The van der Waals surface area contributed by atoms with Gasteiger partial charge in [0.15, 0.2) is 11.5 Å². The Morgan fingerprint density at radius 2 is 1.93 bits per heavy atom. The number of amides is 1. The number of rotatable bonds is 1. The number of Topliss-reactive ketones (excluding diaryl/α,β-unsaturated/α-hetero) is 2. The summed E-state index contributed by atoms with van der Waals surface area (Å²) in [5.41, 5.74) is -0.724. The minimum absolute atomic E-state index is 0.0674. The molecule has 6 N–H and O–H groups in total. The van der Waals surface area contributed by atoms with Gasteiger partial charge in [-0.15, -0.1) is 0 Å². The van der Waals surface area contributed by atoms with E-state index in [1.54, 1.807) is 0 Å². The first kappa shape index (κ1) is 17.9. The third kappa shape index (κ3) is 1.76. The Labute approximate surface area is 163 Å². The van der Waals surface area contributed by atoms with Gasteiger partial charge in [0, 0.05) is 17.9 Å². The standard InChI is InChI=1S/C20H17NO8/c1-18(28)7-3-2-4-9(22)11(7)14(24)12-8(18)5-19-6-10(23)13(17(21)27)16(26)20(19,29-19)15(12)25/h2-4,8,22,24,26,28H,5-6H2,1H3,(H2,21,27)/t8-,18+,19+,20-/m0/s1. The van der Waals surface area contributed by atoms with Crippen LogP contribution in [0.1, 0.15) is 30.9 Å². The quantitative estimate of drug-likeness (QED) is 0.330. The summed E-state index contributed by atoms with van der Waals surface area (Å²) in [7, 11) is 0. The molecule has 150 valence electrons. The molecule has 1 aliphatic heterocycles. The fraction of sp³-hybridized carbons (Fsp3) is 0.350. The lowest BCUT2D eigenvalue weighted by Crippen LogP contribution is -2.54. The van der Waals surface area contributed by atoms with E-state index in [0.29, 0.717) is 0 Å². The van der Waals surface area contributed by atoms with Crippen LogP contribution in [0.5, 0.6) is 5.75 Å². The molecule has 1 saturated heterocycles. The number of fused-ring (bicyclic) bond motifs is 2. The third-order valence-electron chi connectivity index (χ3n) is 6.69. The Bertz CT molecular complexity index is 1130. The molecule has 1 saturated carbocycles. The molecule has 9 heteroatoms. The van der Waals surface area contributed by atoms with Gasteiger partial charge in [-0.25, -0.2) is 0 Å². The van der Waals surface area contributed by atoms with Crippen LogP contribution in [0.25, 0.3) is 5.76 Å². The van der Waals surface area contributed by atoms with E-state index >= 15 is 0 Å².